The van der Waals surface area contributed by atoms with Crippen molar-refractivity contribution in [3.63, 3.8) is 0 Å². The molecule has 0 amide bonds. The van der Waals surface area contributed by atoms with E-state index < -0.39 is 16.0 Å². The molecule has 1 aromatic carbocycles. The fourth-order valence-electron chi connectivity index (χ4n) is 1.96. The Balaban J connectivity index is 3.33. The first-order valence-electron chi connectivity index (χ1n) is 5.79. The maximum atomic E-state index is 12.3. The number of nitrogens with one attached hydrogen (secondary N) is 3. The quantitative estimate of drug-likeness (QED) is 0.437. The molecule has 0 aliphatic heterocycles. The number of aryl methyl sites for hydroxylation is 1. The third-order valence-electron chi connectivity index (χ3n) is 2.91. The van der Waals surface area contributed by atoms with Crippen molar-refractivity contribution in [2.24, 2.45) is 0 Å². The topological polar surface area (TPSA) is 101 Å². The lowest BCUT2D eigenvalue weighted by atomic mass is 10.1. The van der Waals surface area contributed by atoms with E-state index in [4.69, 9.17) is 10.1 Å². The molecule has 0 aliphatic rings. The Labute approximate surface area is 118 Å². The second-order valence-electron chi connectivity index (χ2n) is 4.26. The Kier molecular flexibility index (Phi) is 4.96. The zero-order valence-electron chi connectivity index (χ0n) is 12.1. The highest BCUT2D eigenvalue weighted by atomic mass is 32.2. The van der Waals surface area contributed by atoms with Gasteiger partial charge in [0.05, 0.1) is 19.1 Å². The molecule has 0 saturated heterocycles. The van der Waals surface area contributed by atoms with Crippen molar-refractivity contribution < 1.29 is 18.0 Å². The number of ether oxygens (including phenoxy) is 1. The predicted octanol–water partition coefficient (Wildman–Crippen LogP) is 0.985. The lowest BCUT2D eigenvalue weighted by molar-refractivity contribution is 0.142. The molecule has 0 aliphatic carbocycles. The van der Waals surface area contributed by atoms with Crippen molar-refractivity contribution >= 4 is 16.0 Å². The van der Waals surface area contributed by atoms with Gasteiger partial charge in [-0.2, -0.15) is 0 Å². The third kappa shape index (κ3) is 3.20. The molecule has 0 bridgehead atoms. The zero-order valence-corrected chi connectivity index (χ0v) is 12.9. The minimum atomic E-state index is -3.86. The molecule has 20 heavy (non-hydrogen) atoms. The van der Waals surface area contributed by atoms with Gasteiger partial charge < -0.3 is 4.74 Å². The van der Waals surface area contributed by atoms with E-state index in [0.29, 0.717) is 16.9 Å². The minimum Gasteiger partial charge on any atom is -0.496 e. The molecule has 0 spiro atoms. The van der Waals surface area contributed by atoms with Crippen LogP contribution in [0.25, 0.3) is 0 Å². The number of hydroxylamine groups is 1. The van der Waals surface area contributed by atoms with Gasteiger partial charge in [-0.1, -0.05) is 0 Å². The maximum Gasteiger partial charge on any atom is 0.264 e. The first-order valence-corrected chi connectivity index (χ1v) is 7.28. The summed E-state index contributed by atoms with van der Waals surface area (Å²) in [4.78, 5) is 4.62. The summed E-state index contributed by atoms with van der Waals surface area (Å²) in [5.74, 6) is 0.170. The van der Waals surface area contributed by atoms with E-state index in [1.54, 1.807) is 26.8 Å². The van der Waals surface area contributed by atoms with Crippen molar-refractivity contribution in [3.05, 3.63) is 22.8 Å². The number of benzene rings is 1. The van der Waals surface area contributed by atoms with Gasteiger partial charge in [0.25, 0.3) is 10.0 Å². The standard InChI is InChI=1S/C12H19N3O4S/c1-7-6-10(18-4)8(2)9(3)11(7)20(16,17)15-12(13)14-19-5/h6H,1-5H3,(H3,13,14,15). The Morgan fingerprint density at radius 1 is 1.20 bits per heavy atom. The first kappa shape index (κ1) is 16.3. The van der Waals surface area contributed by atoms with Crippen LogP contribution in [-0.4, -0.2) is 28.6 Å². The molecule has 0 fully saturated rings. The second kappa shape index (κ2) is 6.10. The number of sulfonamides is 1. The Hall–Kier alpha value is -1.80. The summed E-state index contributed by atoms with van der Waals surface area (Å²) < 4.78 is 31.9. The number of guanidine groups is 1. The lowest BCUT2D eigenvalue weighted by Gasteiger charge is -2.17. The van der Waals surface area contributed by atoms with E-state index in [-0.39, 0.29) is 4.90 Å². The van der Waals surface area contributed by atoms with Gasteiger partial charge in [-0.3, -0.25) is 10.2 Å². The van der Waals surface area contributed by atoms with E-state index in [9.17, 15) is 8.42 Å². The van der Waals surface area contributed by atoms with Crippen LogP contribution in [0.15, 0.2) is 11.0 Å². The summed E-state index contributed by atoms with van der Waals surface area (Å²) in [5, 5.41) is 7.42. The van der Waals surface area contributed by atoms with Crippen LogP contribution in [0.1, 0.15) is 16.7 Å². The number of hydrogen-bond donors (Lipinski definition) is 3. The molecule has 0 unspecified atom stereocenters. The van der Waals surface area contributed by atoms with Crippen LogP contribution < -0.4 is 14.9 Å². The smallest absolute Gasteiger partial charge is 0.264 e. The Morgan fingerprint density at radius 2 is 1.80 bits per heavy atom. The van der Waals surface area contributed by atoms with Gasteiger partial charge in [0.15, 0.2) is 0 Å². The first-order chi connectivity index (χ1) is 9.24. The van der Waals surface area contributed by atoms with Crippen LogP contribution in [0.2, 0.25) is 0 Å². The summed E-state index contributed by atoms with van der Waals surface area (Å²) in [6.07, 6.45) is 0. The van der Waals surface area contributed by atoms with Crippen LogP contribution in [0.4, 0.5) is 0 Å². The van der Waals surface area contributed by atoms with Gasteiger partial charge in [-0.25, -0.2) is 18.6 Å². The molecule has 0 heterocycles. The van der Waals surface area contributed by atoms with Crippen molar-refractivity contribution in [2.75, 3.05) is 14.2 Å². The average Bonchev–Trinajstić information content (AvgIpc) is 2.33. The van der Waals surface area contributed by atoms with Crippen molar-refractivity contribution in [1.82, 2.24) is 10.2 Å². The normalized spacial score (nSPS) is 11.1. The average molecular weight is 301 g/mol. The highest BCUT2D eigenvalue weighted by Crippen LogP contribution is 2.30. The summed E-state index contributed by atoms with van der Waals surface area (Å²) >= 11 is 0. The van der Waals surface area contributed by atoms with E-state index in [0.717, 1.165) is 5.56 Å². The molecule has 8 heteroatoms. The fourth-order valence-corrected chi connectivity index (χ4v) is 3.41. The molecule has 0 saturated carbocycles. The molecule has 1 aromatic rings. The molecular formula is C12H19N3O4S. The van der Waals surface area contributed by atoms with E-state index in [2.05, 4.69) is 15.0 Å². The molecule has 112 valence electrons. The number of rotatable bonds is 4. The molecular weight excluding hydrogens is 282 g/mol. The van der Waals surface area contributed by atoms with Gasteiger partial charge >= 0.3 is 0 Å². The third-order valence-corrected chi connectivity index (χ3v) is 4.55. The van der Waals surface area contributed by atoms with Crippen LogP contribution in [0, 0.1) is 26.2 Å². The zero-order chi connectivity index (χ0) is 15.5. The molecule has 7 nitrogen and oxygen atoms in total. The van der Waals surface area contributed by atoms with E-state index >= 15 is 0 Å². The maximum absolute atomic E-state index is 12.3. The predicted molar refractivity (Wildman–Crippen MR) is 75.4 cm³/mol. The lowest BCUT2D eigenvalue weighted by Crippen LogP contribution is -2.40. The monoisotopic (exact) mass is 301 g/mol. The Bertz CT molecular complexity index is 626. The van der Waals surface area contributed by atoms with Crippen LogP contribution in [0.3, 0.4) is 0 Å². The molecule has 0 aromatic heterocycles. The van der Waals surface area contributed by atoms with Crippen molar-refractivity contribution in [1.29, 1.82) is 5.41 Å². The second-order valence-corrected chi connectivity index (χ2v) is 5.88. The highest BCUT2D eigenvalue weighted by Gasteiger charge is 2.23. The van der Waals surface area contributed by atoms with Gasteiger partial charge in [0.2, 0.25) is 5.96 Å². The van der Waals surface area contributed by atoms with Gasteiger partial charge in [-0.05, 0) is 43.5 Å². The SMILES string of the molecule is CONC(=N)NS(=O)(=O)c1c(C)cc(OC)c(C)c1C. The Morgan fingerprint density at radius 3 is 2.30 bits per heavy atom. The van der Waals surface area contributed by atoms with Gasteiger partial charge in [0, 0.05) is 0 Å². The van der Waals surface area contributed by atoms with Gasteiger partial charge in [0.1, 0.15) is 5.75 Å². The largest absolute Gasteiger partial charge is 0.496 e. The van der Waals surface area contributed by atoms with Crippen LogP contribution >= 0.6 is 0 Å². The summed E-state index contributed by atoms with van der Waals surface area (Å²) in [5.41, 5.74) is 3.98. The number of hydrogen-bond acceptors (Lipinski definition) is 5. The minimum absolute atomic E-state index is 0.137. The van der Waals surface area contributed by atoms with Crippen molar-refractivity contribution in [3.8, 4) is 5.75 Å². The highest BCUT2D eigenvalue weighted by molar-refractivity contribution is 7.90. The fraction of sp³-hybridized carbons (Fsp3) is 0.417. The molecule has 1 rings (SSSR count). The number of methoxy groups -OCH3 is 1. The van der Waals surface area contributed by atoms with E-state index in [1.807, 2.05) is 0 Å². The van der Waals surface area contributed by atoms with Crippen LogP contribution in [-0.2, 0) is 14.9 Å². The molecule has 0 atom stereocenters. The molecule has 3 N–H and O–H groups in total. The molecule has 0 radical (unpaired) electrons. The summed E-state index contributed by atoms with van der Waals surface area (Å²) in [6.45, 7) is 5.16. The summed E-state index contributed by atoms with van der Waals surface area (Å²) in [7, 11) is -1.04. The van der Waals surface area contributed by atoms with Crippen molar-refractivity contribution in [2.45, 2.75) is 25.7 Å². The van der Waals surface area contributed by atoms with Crippen LogP contribution in [0.5, 0.6) is 5.75 Å². The van der Waals surface area contributed by atoms with Gasteiger partial charge in [-0.15, -0.1) is 0 Å². The summed E-state index contributed by atoms with van der Waals surface area (Å²) in [6, 6.07) is 1.66. The van der Waals surface area contributed by atoms with E-state index in [1.165, 1.54) is 14.2 Å².